The summed E-state index contributed by atoms with van der Waals surface area (Å²) in [6.07, 6.45) is 0.476. The van der Waals surface area contributed by atoms with E-state index in [1.807, 2.05) is 37.3 Å². The Hall–Kier alpha value is -3.61. The van der Waals surface area contributed by atoms with Crippen LogP contribution in [-0.4, -0.2) is 29.6 Å². The van der Waals surface area contributed by atoms with Crippen molar-refractivity contribution in [2.45, 2.75) is 33.2 Å². The molecule has 0 bridgehead atoms. The van der Waals surface area contributed by atoms with Crippen LogP contribution in [0.5, 0.6) is 5.75 Å². The third-order valence-corrected chi connectivity index (χ3v) is 5.10. The molecule has 1 amide bonds. The van der Waals surface area contributed by atoms with Gasteiger partial charge in [-0.1, -0.05) is 44.2 Å². The van der Waals surface area contributed by atoms with Crippen LogP contribution in [0.2, 0.25) is 0 Å². The number of carboxylic acids is 1. The minimum Gasteiger partial charge on any atom is -0.484 e. The smallest absolute Gasteiger partial charge is 0.340 e. The van der Waals surface area contributed by atoms with Crippen molar-refractivity contribution in [3.63, 3.8) is 0 Å². The molecule has 1 atom stereocenters. The summed E-state index contributed by atoms with van der Waals surface area (Å²) in [4.78, 5) is 35.8. The first-order chi connectivity index (χ1) is 14.8. The second kappa shape index (κ2) is 9.47. The summed E-state index contributed by atoms with van der Waals surface area (Å²) < 4.78 is 11.0. The molecule has 0 saturated carbocycles. The molecule has 2 N–H and O–H groups in total. The van der Waals surface area contributed by atoms with Gasteiger partial charge in [0.2, 0.25) is 0 Å². The average molecular weight is 423 g/mol. The maximum absolute atomic E-state index is 12.6. The summed E-state index contributed by atoms with van der Waals surface area (Å²) in [6, 6.07) is 13.7. The molecule has 3 rings (SSSR count). The fraction of sp³-hybridized carbons (Fsp3) is 0.292. The zero-order chi connectivity index (χ0) is 22.5. The Balaban J connectivity index is 1.76. The lowest BCUT2D eigenvalue weighted by atomic mass is 10.00. The maximum Gasteiger partial charge on any atom is 0.340 e. The molecule has 3 aromatic rings. The average Bonchev–Trinajstić information content (AvgIpc) is 2.73. The van der Waals surface area contributed by atoms with Crippen LogP contribution in [0.25, 0.3) is 11.0 Å². The van der Waals surface area contributed by atoms with Gasteiger partial charge in [0, 0.05) is 23.4 Å². The Morgan fingerprint density at radius 2 is 1.84 bits per heavy atom. The fourth-order valence-electron chi connectivity index (χ4n) is 3.35. The molecule has 0 aliphatic rings. The van der Waals surface area contributed by atoms with E-state index in [0.717, 1.165) is 16.5 Å². The number of rotatable bonds is 8. The van der Waals surface area contributed by atoms with Crippen LogP contribution < -0.4 is 15.7 Å². The molecule has 0 aliphatic carbocycles. The number of aryl methyl sites for hydroxylation is 1. The molecule has 0 spiro atoms. The highest BCUT2D eigenvalue weighted by molar-refractivity contribution is 5.85. The van der Waals surface area contributed by atoms with Crippen molar-refractivity contribution in [3.8, 4) is 5.75 Å². The lowest BCUT2D eigenvalue weighted by Gasteiger charge is -2.18. The third kappa shape index (κ3) is 5.31. The van der Waals surface area contributed by atoms with Gasteiger partial charge >= 0.3 is 11.6 Å². The van der Waals surface area contributed by atoms with Crippen LogP contribution in [0.4, 0.5) is 0 Å². The van der Waals surface area contributed by atoms with E-state index >= 15 is 0 Å². The number of carboxylic acid groups (broad SMARTS) is 1. The Bertz CT molecular complexity index is 1150. The molecular formula is C24H25NO6. The Kier molecular flexibility index (Phi) is 6.74. The number of ether oxygens (including phenoxy) is 1. The number of aliphatic carboxylic acids is 1. The molecule has 1 heterocycles. The van der Waals surface area contributed by atoms with E-state index in [0.29, 0.717) is 23.3 Å². The molecule has 0 fully saturated rings. The van der Waals surface area contributed by atoms with Gasteiger partial charge in [-0.3, -0.25) is 4.79 Å². The molecule has 7 nitrogen and oxygen atoms in total. The van der Waals surface area contributed by atoms with Crippen LogP contribution in [-0.2, 0) is 16.0 Å². The third-order valence-electron chi connectivity index (χ3n) is 5.10. The quantitative estimate of drug-likeness (QED) is 0.539. The van der Waals surface area contributed by atoms with Gasteiger partial charge in [0.1, 0.15) is 17.4 Å². The van der Waals surface area contributed by atoms with Gasteiger partial charge in [0.15, 0.2) is 6.61 Å². The van der Waals surface area contributed by atoms with Crippen molar-refractivity contribution in [2.75, 3.05) is 6.61 Å². The first-order valence-electron chi connectivity index (χ1n) is 10.0. The molecule has 162 valence electrons. The molecule has 0 saturated heterocycles. The summed E-state index contributed by atoms with van der Waals surface area (Å²) in [5, 5.41) is 12.4. The number of carbonyl (C=O) groups is 2. The number of benzene rings is 2. The minimum atomic E-state index is -1.10. The molecular weight excluding hydrogens is 398 g/mol. The first kappa shape index (κ1) is 22.1. The van der Waals surface area contributed by atoms with Crippen molar-refractivity contribution in [1.82, 2.24) is 5.32 Å². The van der Waals surface area contributed by atoms with Crippen molar-refractivity contribution >= 4 is 22.8 Å². The van der Waals surface area contributed by atoms with Gasteiger partial charge in [0.25, 0.3) is 5.91 Å². The zero-order valence-electron chi connectivity index (χ0n) is 17.7. The molecule has 0 radical (unpaired) electrons. The van der Waals surface area contributed by atoms with Crippen molar-refractivity contribution in [3.05, 3.63) is 75.6 Å². The Morgan fingerprint density at radius 1 is 1.13 bits per heavy atom. The van der Waals surface area contributed by atoms with E-state index in [1.165, 1.54) is 0 Å². The van der Waals surface area contributed by atoms with E-state index in [9.17, 15) is 14.4 Å². The largest absolute Gasteiger partial charge is 0.484 e. The Labute approximate surface area is 179 Å². The van der Waals surface area contributed by atoms with Crippen molar-refractivity contribution in [2.24, 2.45) is 5.92 Å². The summed E-state index contributed by atoms with van der Waals surface area (Å²) in [5.74, 6) is -1.56. The van der Waals surface area contributed by atoms with E-state index < -0.39 is 23.5 Å². The minimum absolute atomic E-state index is 0.260. The molecule has 2 aromatic carbocycles. The number of hydrogen-bond donors (Lipinski definition) is 2. The first-order valence-corrected chi connectivity index (χ1v) is 10.0. The van der Waals surface area contributed by atoms with E-state index in [4.69, 9.17) is 14.3 Å². The van der Waals surface area contributed by atoms with Gasteiger partial charge < -0.3 is 19.6 Å². The monoisotopic (exact) mass is 423 g/mol. The fourth-order valence-corrected chi connectivity index (χ4v) is 3.35. The lowest BCUT2D eigenvalue weighted by Crippen LogP contribution is -2.46. The summed E-state index contributed by atoms with van der Waals surface area (Å²) >= 11 is 0. The molecule has 0 aliphatic heterocycles. The van der Waals surface area contributed by atoms with Crippen LogP contribution in [0.1, 0.15) is 30.5 Å². The standard InChI is InChI=1S/C24H25NO6/c1-14(2)22(23(27)28)25-21(26)13-30-17-9-10-18-15(3)19(24(29)31-20(18)12-17)11-16-7-5-4-6-8-16/h4-10,12,14,22H,11,13H2,1-3H3,(H,25,26)(H,27,28). The number of amides is 1. The summed E-state index contributed by atoms with van der Waals surface area (Å²) in [6.45, 7) is 4.94. The predicted molar refractivity (Wildman–Crippen MR) is 116 cm³/mol. The van der Waals surface area contributed by atoms with Gasteiger partial charge in [0.05, 0.1) is 0 Å². The van der Waals surface area contributed by atoms with E-state index in [1.54, 1.807) is 32.0 Å². The van der Waals surface area contributed by atoms with Crippen LogP contribution in [0, 0.1) is 12.8 Å². The lowest BCUT2D eigenvalue weighted by molar-refractivity contribution is -0.143. The molecule has 1 unspecified atom stereocenters. The number of fused-ring (bicyclic) bond motifs is 1. The predicted octanol–water partition coefficient (Wildman–Crippen LogP) is 3.30. The van der Waals surface area contributed by atoms with Gasteiger partial charge in [-0.15, -0.1) is 0 Å². The highest BCUT2D eigenvalue weighted by Crippen LogP contribution is 2.25. The number of carbonyl (C=O) groups excluding carboxylic acids is 1. The Morgan fingerprint density at radius 3 is 2.48 bits per heavy atom. The SMILES string of the molecule is Cc1c(Cc2ccccc2)c(=O)oc2cc(OCC(=O)NC(C(=O)O)C(C)C)ccc12. The molecule has 7 heteroatoms. The number of nitrogens with one attached hydrogen (secondary N) is 1. The van der Waals surface area contributed by atoms with E-state index in [2.05, 4.69) is 5.32 Å². The second-order valence-electron chi connectivity index (χ2n) is 7.73. The topological polar surface area (TPSA) is 106 Å². The summed E-state index contributed by atoms with van der Waals surface area (Å²) in [7, 11) is 0. The normalized spacial score (nSPS) is 12.0. The van der Waals surface area contributed by atoms with Gasteiger partial charge in [-0.2, -0.15) is 0 Å². The highest BCUT2D eigenvalue weighted by atomic mass is 16.5. The van der Waals surface area contributed by atoms with Crippen molar-refractivity contribution in [1.29, 1.82) is 0 Å². The second-order valence-corrected chi connectivity index (χ2v) is 7.73. The van der Waals surface area contributed by atoms with E-state index in [-0.39, 0.29) is 12.5 Å². The number of hydrogen-bond acceptors (Lipinski definition) is 5. The zero-order valence-corrected chi connectivity index (χ0v) is 17.7. The van der Waals surface area contributed by atoms with Gasteiger partial charge in [-0.05, 0) is 36.1 Å². The highest BCUT2D eigenvalue weighted by Gasteiger charge is 2.23. The van der Waals surface area contributed by atoms with Crippen molar-refractivity contribution < 1.29 is 23.8 Å². The molecule has 1 aromatic heterocycles. The maximum atomic E-state index is 12.6. The van der Waals surface area contributed by atoms with Crippen LogP contribution >= 0.6 is 0 Å². The molecule has 31 heavy (non-hydrogen) atoms. The van der Waals surface area contributed by atoms with Crippen LogP contribution in [0.3, 0.4) is 0 Å². The van der Waals surface area contributed by atoms with Gasteiger partial charge in [-0.25, -0.2) is 9.59 Å². The van der Waals surface area contributed by atoms with Crippen LogP contribution in [0.15, 0.2) is 57.7 Å². The summed E-state index contributed by atoms with van der Waals surface area (Å²) in [5.41, 5.74) is 2.40.